The number of aromatic nitrogens is 3. The van der Waals surface area contributed by atoms with Gasteiger partial charge >= 0.3 is 0 Å². The molecule has 1 aromatic heterocycles. The van der Waals surface area contributed by atoms with Gasteiger partial charge in [0.2, 0.25) is 0 Å². The van der Waals surface area contributed by atoms with E-state index in [2.05, 4.69) is 48.5 Å². The highest BCUT2D eigenvalue weighted by atomic mass is 32.2. The Hall–Kier alpha value is -0.810. The van der Waals surface area contributed by atoms with Crippen LogP contribution in [0.1, 0.15) is 39.6 Å². The van der Waals surface area contributed by atoms with E-state index in [1.165, 1.54) is 5.57 Å². The van der Waals surface area contributed by atoms with Gasteiger partial charge in [0.15, 0.2) is 5.16 Å². The average molecular weight is 240 g/mol. The van der Waals surface area contributed by atoms with E-state index in [-0.39, 0.29) is 0 Å². The third kappa shape index (κ3) is 3.35. The summed E-state index contributed by atoms with van der Waals surface area (Å²) in [5.74, 6) is 1.78. The fourth-order valence-corrected chi connectivity index (χ4v) is 2.47. The Balaban J connectivity index is 2.80. The second kappa shape index (κ2) is 6.06. The van der Waals surface area contributed by atoms with E-state index in [9.17, 15) is 0 Å². The summed E-state index contributed by atoms with van der Waals surface area (Å²) < 4.78 is 2.10. The molecule has 0 aliphatic carbocycles. The van der Waals surface area contributed by atoms with Gasteiger partial charge in [0, 0.05) is 11.8 Å². The van der Waals surface area contributed by atoms with E-state index in [1.54, 1.807) is 11.8 Å². The Morgan fingerprint density at radius 3 is 2.62 bits per heavy atom. The van der Waals surface area contributed by atoms with Gasteiger partial charge in [0.25, 0.3) is 0 Å². The summed E-state index contributed by atoms with van der Waals surface area (Å²) in [5, 5.41) is 9.22. The highest BCUT2D eigenvalue weighted by Gasteiger charge is 2.13. The highest BCUT2D eigenvalue weighted by Crippen LogP contribution is 2.21. The number of nitrogens with two attached hydrogens (primary N) is 1. The highest BCUT2D eigenvalue weighted by molar-refractivity contribution is 7.99. The second-order valence-electron chi connectivity index (χ2n) is 4.16. The first-order valence-corrected chi connectivity index (χ1v) is 6.44. The summed E-state index contributed by atoms with van der Waals surface area (Å²) in [7, 11) is 0. The van der Waals surface area contributed by atoms with Gasteiger partial charge in [0.1, 0.15) is 5.82 Å². The molecular formula is C11H20N4S. The van der Waals surface area contributed by atoms with Crippen LogP contribution in [0.2, 0.25) is 0 Å². The Kier molecular flexibility index (Phi) is 5.02. The number of allylic oxidation sites excluding steroid dienone is 1. The molecule has 90 valence electrons. The van der Waals surface area contributed by atoms with Crippen LogP contribution in [-0.4, -0.2) is 20.5 Å². The monoisotopic (exact) mass is 240 g/mol. The molecule has 0 saturated carbocycles. The van der Waals surface area contributed by atoms with Gasteiger partial charge in [-0.15, -0.1) is 10.2 Å². The maximum Gasteiger partial charge on any atom is 0.191 e. The zero-order valence-electron chi connectivity index (χ0n) is 10.4. The van der Waals surface area contributed by atoms with Crippen LogP contribution in [0.5, 0.6) is 0 Å². The molecule has 1 heterocycles. The zero-order valence-corrected chi connectivity index (χ0v) is 11.2. The summed E-state index contributed by atoms with van der Waals surface area (Å²) in [4.78, 5) is 0. The molecule has 0 amide bonds. The van der Waals surface area contributed by atoms with E-state index in [1.807, 2.05) is 0 Å². The number of hydrogen-bond donors (Lipinski definition) is 1. The summed E-state index contributed by atoms with van der Waals surface area (Å²) in [6, 6.07) is 0.350. The predicted molar refractivity (Wildman–Crippen MR) is 68.5 cm³/mol. The van der Waals surface area contributed by atoms with Crippen molar-refractivity contribution in [2.45, 2.75) is 45.4 Å². The van der Waals surface area contributed by atoms with Crippen molar-refractivity contribution in [2.24, 2.45) is 5.73 Å². The van der Waals surface area contributed by atoms with Crippen molar-refractivity contribution in [1.29, 1.82) is 0 Å². The van der Waals surface area contributed by atoms with Crippen molar-refractivity contribution in [2.75, 3.05) is 5.75 Å². The van der Waals surface area contributed by atoms with Crippen LogP contribution in [0.4, 0.5) is 0 Å². The molecule has 0 aliphatic rings. The van der Waals surface area contributed by atoms with Crippen molar-refractivity contribution >= 4 is 11.8 Å². The molecule has 1 rings (SSSR count). The van der Waals surface area contributed by atoms with E-state index in [0.717, 1.165) is 16.7 Å². The van der Waals surface area contributed by atoms with Crippen molar-refractivity contribution in [3.8, 4) is 0 Å². The summed E-state index contributed by atoms with van der Waals surface area (Å²) in [6.07, 6.45) is 2.19. The standard InChI is InChI=1S/C11H20N4S/c1-8(2)5-6-16-11-14-13-10(7-12)15(11)9(3)4/h5,9H,6-7,12H2,1-4H3. The first-order valence-electron chi connectivity index (χ1n) is 5.46. The molecule has 1 aromatic rings. The summed E-state index contributed by atoms with van der Waals surface area (Å²) in [6.45, 7) is 8.87. The number of hydrogen-bond acceptors (Lipinski definition) is 4. The lowest BCUT2D eigenvalue weighted by Crippen LogP contribution is -2.11. The molecule has 0 atom stereocenters. The Morgan fingerprint density at radius 2 is 2.12 bits per heavy atom. The van der Waals surface area contributed by atoms with Crippen LogP contribution < -0.4 is 5.73 Å². The van der Waals surface area contributed by atoms with Crippen LogP contribution in [0, 0.1) is 0 Å². The van der Waals surface area contributed by atoms with Crippen LogP contribution >= 0.6 is 11.8 Å². The van der Waals surface area contributed by atoms with Gasteiger partial charge in [-0.3, -0.25) is 0 Å². The van der Waals surface area contributed by atoms with Crippen LogP contribution in [0.25, 0.3) is 0 Å². The van der Waals surface area contributed by atoms with Crippen LogP contribution in [0.15, 0.2) is 16.8 Å². The van der Waals surface area contributed by atoms with Crippen LogP contribution in [-0.2, 0) is 6.54 Å². The molecule has 4 nitrogen and oxygen atoms in total. The van der Waals surface area contributed by atoms with Gasteiger partial charge in [-0.05, 0) is 27.7 Å². The van der Waals surface area contributed by atoms with Crippen molar-refractivity contribution in [3.05, 3.63) is 17.5 Å². The van der Waals surface area contributed by atoms with E-state index in [0.29, 0.717) is 12.6 Å². The zero-order chi connectivity index (χ0) is 12.1. The fraction of sp³-hybridized carbons (Fsp3) is 0.636. The minimum Gasteiger partial charge on any atom is -0.324 e. The lowest BCUT2D eigenvalue weighted by molar-refractivity contribution is 0.526. The third-order valence-electron chi connectivity index (χ3n) is 2.14. The van der Waals surface area contributed by atoms with Gasteiger partial charge in [-0.2, -0.15) is 0 Å². The molecule has 16 heavy (non-hydrogen) atoms. The fourth-order valence-electron chi connectivity index (χ4n) is 1.35. The minimum absolute atomic E-state index is 0.350. The molecule has 5 heteroatoms. The lowest BCUT2D eigenvalue weighted by atomic mass is 10.3. The number of nitrogens with zero attached hydrogens (tertiary/aromatic N) is 3. The third-order valence-corrected chi connectivity index (χ3v) is 3.01. The largest absolute Gasteiger partial charge is 0.324 e. The molecule has 0 fully saturated rings. The Labute approximate surface area is 101 Å². The summed E-state index contributed by atoms with van der Waals surface area (Å²) in [5.41, 5.74) is 6.96. The maximum atomic E-state index is 5.63. The lowest BCUT2D eigenvalue weighted by Gasteiger charge is -2.12. The van der Waals surface area contributed by atoms with E-state index < -0.39 is 0 Å². The summed E-state index contributed by atoms with van der Waals surface area (Å²) >= 11 is 1.70. The van der Waals surface area contributed by atoms with Gasteiger partial charge in [-0.1, -0.05) is 23.4 Å². The molecule has 0 unspecified atom stereocenters. The van der Waals surface area contributed by atoms with Crippen LogP contribution in [0.3, 0.4) is 0 Å². The molecule has 0 aromatic carbocycles. The predicted octanol–water partition coefficient (Wildman–Crippen LogP) is 2.38. The van der Waals surface area contributed by atoms with E-state index in [4.69, 9.17) is 5.73 Å². The first kappa shape index (κ1) is 13.3. The molecule has 0 bridgehead atoms. The Morgan fingerprint density at radius 1 is 1.44 bits per heavy atom. The maximum absolute atomic E-state index is 5.63. The quantitative estimate of drug-likeness (QED) is 0.634. The molecule has 2 N–H and O–H groups in total. The number of rotatable bonds is 5. The molecule has 0 saturated heterocycles. The number of thioether (sulfide) groups is 1. The molecule has 0 radical (unpaired) electrons. The second-order valence-corrected chi connectivity index (χ2v) is 5.15. The van der Waals surface area contributed by atoms with Crippen molar-refractivity contribution in [3.63, 3.8) is 0 Å². The van der Waals surface area contributed by atoms with Gasteiger partial charge in [0.05, 0.1) is 6.54 Å². The first-order chi connectivity index (χ1) is 7.56. The topological polar surface area (TPSA) is 56.7 Å². The van der Waals surface area contributed by atoms with Crippen molar-refractivity contribution in [1.82, 2.24) is 14.8 Å². The SMILES string of the molecule is CC(C)=CCSc1nnc(CN)n1C(C)C. The van der Waals surface area contributed by atoms with E-state index >= 15 is 0 Å². The minimum atomic E-state index is 0.350. The normalized spacial score (nSPS) is 10.9. The van der Waals surface area contributed by atoms with Crippen molar-refractivity contribution < 1.29 is 0 Å². The molecular weight excluding hydrogens is 220 g/mol. The Bertz CT molecular complexity index is 364. The molecule has 0 aliphatic heterocycles. The van der Waals surface area contributed by atoms with Gasteiger partial charge in [-0.25, -0.2) is 0 Å². The smallest absolute Gasteiger partial charge is 0.191 e. The molecule has 0 spiro atoms. The van der Waals surface area contributed by atoms with Gasteiger partial charge < -0.3 is 10.3 Å². The average Bonchev–Trinajstić information content (AvgIpc) is 2.60.